The van der Waals surface area contributed by atoms with Gasteiger partial charge in [-0.1, -0.05) is 11.3 Å². The summed E-state index contributed by atoms with van der Waals surface area (Å²) in [5, 5.41) is 14.0. The van der Waals surface area contributed by atoms with Gasteiger partial charge >= 0.3 is 0 Å². The van der Waals surface area contributed by atoms with Crippen LogP contribution in [-0.4, -0.2) is 37.0 Å². The van der Waals surface area contributed by atoms with Crippen LogP contribution in [0.25, 0.3) is 10.6 Å². The van der Waals surface area contributed by atoms with Gasteiger partial charge in [-0.2, -0.15) is 0 Å². The first-order valence-corrected chi connectivity index (χ1v) is 8.04. The zero-order valence-corrected chi connectivity index (χ0v) is 14.0. The molecule has 2 rings (SSSR count). The van der Waals surface area contributed by atoms with E-state index in [1.54, 1.807) is 18.4 Å². The summed E-state index contributed by atoms with van der Waals surface area (Å²) in [6.07, 6.45) is 2.01. The molecule has 0 amide bonds. The summed E-state index contributed by atoms with van der Waals surface area (Å²) in [5.74, 6) is 1.88. The predicted octanol–water partition coefficient (Wildman–Crippen LogP) is 2.89. The molecule has 21 heavy (non-hydrogen) atoms. The Labute approximate surface area is 129 Å². The highest BCUT2D eigenvalue weighted by Crippen LogP contribution is 2.33. The molecule has 5 nitrogen and oxygen atoms in total. The van der Waals surface area contributed by atoms with E-state index in [0.717, 1.165) is 65.2 Å². The van der Waals surface area contributed by atoms with Gasteiger partial charge in [-0.3, -0.25) is 0 Å². The number of aryl methyl sites for hydroxylation is 3. The lowest BCUT2D eigenvalue weighted by Gasteiger charge is -2.01. The molecular formula is C15H23N3O2S. The Balaban J connectivity index is 1.90. The summed E-state index contributed by atoms with van der Waals surface area (Å²) in [4.78, 5) is 0. The van der Waals surface area contributed by atoms with E-state index < -0.39 is 0 Å². The van der Waals surface area contributed by atoms with Crippen LogP contribution in [0.1, 0.15) is 28.5 Å². The molecule has 0 atom stereocenters. The lowest BCUT2D eigenvalue weighted by Crippen LogP contribution is -2.20. The fraction of sp³-hybridized carbons (Fsp3) is 0.600. The normalized spacial score (nSPS) is 11.2. The summed E-state index contributed by atoms with van der Waals surface area (Å²) in [7, 11) is 1.71. The second-order valence-corrected chi connectivity index (χ2v) is 6.12. The maximum atomic E-state index is 5.66. The van der Waals surface area contributed by atoms with E-state index >= 15 is 0 Å². The van der Waals surface area contributed by atoms with E-state index in [2.05, 4.69) is 22.4 Å². The SMILES string of the molecule is COCCNCCCc1nnc(-c2c(C)oc(C)c2C)s1. The van der Waals surface area contributed by atoms with Crippen molar-refractivity contribution < 1.29 is 9.15 Å². The molecule has 0 spiro atoms. The molecule has 2 aromatic rings. The number of ether oxygens (including phenoxy) is 1. The summed E-state index contributed by atoms with van der Waals surface area (Å²) in [6.45, 7) is 8.66. The van der Waals surface area contributed by atoms with E-state index in [4.69, 9.17) is 9.15 Å². The summed E-state index contributed by atoms with van der Waals surface area (Å²) >= 11 is 1.66. The van der Waals surface area contributed by atoms with Crippen molar-refractivity contribution in [3.05, 3.63) is 22.1 Å². The number of nitrogens with one attached hydrogen (secondary N) is 1. The minimum absolute atomic E-state index is 0.751. The Bertz CT molecular complexity index is 577. The monoisotopic (exact) mass is 309 g/mol. The van der Waals surface area contributed by atoms with E-state index in [0.29, 0.717) is 0 Å². The van der Waals surface area contributed by atoms with Gasteiger partial charge in [-0.25, -0.2) is 0 Å². The minimum atomic E-state index is 0.751. The Morgan fingerprint density at radius 1 is 1.14 bits per heavy atom. The molecule has 0 saturated heterocycles. The molecule has 6 heteroatoms. The van der Waals surface area contributed by atoms with Crippen molar-refractivity contribution in [3.8, 4) is 10.6 Å². The molecule has 0 saturated carbocycles. The van der Waals surface area contributed by atoms with Gasteiger partial charge in [0.2, 0.25) is 0 Å². The largest absolute Gasteiger partial charge is 0.466 e. The average molecular weight is 309 g/mol. The van der Waals surface area contributed by atoms with E-state index in [1.807, 2.05) is 13.8 Å². The van der Waals surface area contributed by atoms with Crippen molar-refractivity contribution in [2.24, 2.45) is 0 Å². The first-order valence-electron chi connectivity index (χ1n) is 7.22. The van der Waals surface area contributed by atoms with Crippen molar-refractivity contribution in [2.45, 2.75) is 33.6 Å². The zero-order chi connectivity index (χ0) is 15.2. The molecule has 2 aromatic heterocycles. The molecule has 0 bridgehead atoms. The molecular weight excluding hydrogens is 286 g/mol. The van der Waals surface area contributed by atoms with Gasteiger partial charge in [0.25, 0.3) is 0 Å². The number of furan rings is 1. The van der Waals surface area contributed by atoms with Crippen LogP contribution in [0.2, 0.25) is 0 Å². The van der Waals surface area contributed by atoms with Crippen molar-refractivity contribution in [1.82, 2.24) is 15.5 Å². The predicted molar refractivity (Wildman–Crippen MR) is 84.9 cm³/mol. The summed E-state index contributed by atoms with van der Waals surface area (Å²) < 4.78 is 10.7. The molecule has 0 aliphatic rings. The second kappa shape index (κ2) is 7.68. The number of aromatic nitrogens is 2. The first kappa shape index (κ1) is 16.1. The molecule has 0 radical (unpaired) electrons. The highest BCUT2D eigenvalue weighted by atomic mass is 32.1. The summed E-state index contributed by atoms with van der Waals surface area (Å²) in [5.41, 5.74) is 2.27. The van der Waals surface area contributed by atoms with E-state index in [9.17, 15) is 0 Å². The second-order valence-electron chi connectivity index (χ2n) is 5.06. The Morgan fingerprint density at radius 3 is 2.62 bits per heavy atom. The van der Waals surface area contributed by atoms with E-state index in [-0.39, 0.29) is 0 Å². The number of rotatable bonds is 8. The van der Waals surface area contributed by atoms with Crippen molar-refractivity contribution in [1.29, 1.82) is 0 Å². The lowest BCUT2D eigenvalue weighted by atomic mass is 10.1. The van der Waals surface area contributed by atoms with E-state index in [1.165, 1.54) is 0 Å². The molecule has 0 aromatic carbocycles. The first-order chi connectivity index (χ1) is 10.1. The van der Waals surface area contributed by atoms with Gasteiger partial charge in [-0.05, 0) is 33.7 Å². The molecule has 0 aliphatic carbocycles. The standard InChI is InChI=1S/C15H23N3O2S/c1-10-11(2)20-12(3)14(10)15-18-17-13(21-15)6-5-7-16-8-9-19-4/h16H,5-9H2,1-4H3. The Morgan fingerprint density at radius 2 is 1.95 bits per heavy atom. The fourth-order valence-electron chi connectivity index (χ4n) is 2.23. The smallest absolute Gasteiger partial charge is 0.151 e. The number of nitrogens with zero attached hydrogens (tertiary/aromatic N) is 2. The third-order valence-electron chi connectivity index (χ3n) is 3.47. The van der Waals surface area contributed by atoms with Crippen molar-refractivity contribution in [3.63, 3.8) is 0 Å². The molecule has 0 fully saturated rings. The lowest BCUT2D eigenvalue weighted by molar-refractivity contribution is 0.199. The van der Waals surface area contributed by atoms with Crippen LogP contribution in [-0.2, 0) is 11.2 Å². The quantitative estimate of drug-likeness (QED) is 0.760. The van der Waals surface area contributed by atoms with Gasteiger partial charge in [0.15, 0.2) is 5.01 Å². The number of methoxy groups -OCH3 is 1. The minimum Gasteiger partial charge on any atom is -0.466 e. The maximum absolute atomic E-state index is 5.66. The fourth-order valence-corrected chi connectivity index (χ4v) is 3.26. The molecule has 0 aliphatic heterocycles. The molecule has 1 N–H and O–H groups in total. The third kappa shape index (κ3) is 4.12. The topological polar surface area (TPSA) is 60.2 Å². The van der Waals surface area contributed by atoms with Crippen LogP contribution in [0.15, 0.2) is 4.42 Å². The van der Waals surface area contributed by atoms with Crippen molar-refractivity contribution >= 4 is 11.3 Å². The molecule has 0 unspecified atom stereocenters. The highest BCUT2D eigenvalue weighted by molar-refractivity contribution is 7.14. The van der Waals surface area contributed by atoms with Crippen LogP contribution in [0.5, 0.6) is 0 Å². The van der Waals surface area contributed by atoms with Gasteiger partial charge in [0, 0.05) is 25.6 Å². The number of hydrogen-bond acceptors (Lipinski definition) is 6. The Kier molecular flexibility index (Phi) is 5.90. The summed E-state index contributed by atoms with van der Waals surface area (Å²) in [6, 6.07) is 0. The highest BCUT2D eigenvalue weighted by Gasteiger charge is 2.17. The van der Waals surface area contributed by atoms with Crippen molar-refractivity contribution in [2.75, 3.05) is 26.8 Å². The van der Waals surface area contributed by atoms with Gasteiger partial charge < -0.3 is 14.5 Å². The van der Waals surface area contributed by atoms with Crippen LogP contribution >= 0.6 is 11.3 Å². The third-order valence-corrected chi connectivity index (χ3v) is 4.47. The van der Waals surface area contributed by atoms with Gasteiger partial charge in [0.1, 0.15) is 16.5 Å². The van der Waals surface area contributed by atoms with Gasteiger partial charge in [-0.15, -0.1) is 10.2 Å². The van der Waals surface area contributed by atoms with Crippen LogP contribution in [0.3, 0.4) is 0 Å². The zero-order valence-electron chi connectivity index (χ0n) is 13.2. The van der Waals surface area contributed by atoms with Gasteiger partial charge in [0.05, 0.1) is 12.2 Å². The van der Waals surface area contributed by atoms with Crippen LogP contribution in [0.4, 0.5) is 0 Å². The Hall–Kier alpha value is -1.24. The molecule has 116 valence electrons. The molecule has 2 heterocycles. The number of hydrogen-bond donors (Lipinski definition) is 1. The van der Waals surface area contributed by atoms with Crippen LogP contribution < -0.4 is 5.32 Å². The maximum Gasteiger partial charge on any atom is 0.151 e. The average Bonchev–Trinajstić information content (AvgIpc) is 3.00. The van der Waals surface area contributed by atoms with Crippen LogP contribution in [0, 0.1) is 20.8 Å².